The molecule has 1 saturated carbocycles. The largest absolute Gasteiger partial charge is 0.313 e. The predicted molar refractivity (Wildman–Crippen MR) is 87.5 cm³/mol. The summed E-state index contributed by atoms with van der Waals surface area (Å²) in [5, 5.41) is 3.28. The van der Waals surface area contributed by atoms with Crippen molar-refractivity contribution in [1.82, 2.24) is 5.32 Å². The summed E-state index contributed by atoms with van der Waals surface area (Å²) in [6.45, 7) is 7.03. The van der Waals surface area contributed by atoms with Crippen molar-refractivity contribution >= 4 is 21.4 Å². The van der Waals surface area contributed by atoms with Crippen molar-refractivity contribution in [2.24, 2.45) is 11.8 Å². The topological polar surface area (TPSA) is 46.2 Å². The van der Waals surface area contributed by atoms with Gasteiger partial charge in [-0.1, -0.05) is 44.5 Å². The lowest BCUT2D eigenvalue weighted by atomic mass is 9.80. The molecule has 1 aliphatic carbocycles. The molecule has 1 aliphatic rings. The number of sulfone groups is 1. The Morgan fingerprint density at radius 3 is 2.52 bits per heavy atom. The number of hydrogen-bond acceptors (Lipinski definition) is 3. The van der Waals surface area contributed by atoms with Crippen LogP contribution in [0, 0.1) is 11.8 Å². The van der Waals surface area contributed by atoms with Gasteiger partial charge in [-0.15, -0.1) is 0 Å². The van der Waals surface area contributed by atoms with Gasteiger partial charge in [0.15, 0.2) is 9.84 Å². The summed E-state index contributed by atoms with van der Waals surface area (Å²) in [5.41, 5.74) is 0. The van der Waals surface area contributed by atoms with E-state index in [4.69, 9.17) is 11.6 Å². The molecule has 1 fully saturated rings. The van der Waals surface area contributed by atoms with E-state index in [1.54, 1.807) is 24.3 Å². The molecule has 21 heavy (non-hydrogen) atoms. The SMILES string of the molecule is CCNC1CC(C)CC(C)C1S(=O)(=O)c1ccccc1Cl. The van der Waals surface area contributed by atoms with Crippen molar-refractivity contribution in [3.05, 3.63) is 29.3 Å². The van der Waals surface area contributed by atoms with Gasteiger partial charge < -0.3 is 5.32 Å². The molecule has 1 aromatic carbocycles. The second-order valence-electron chi connectivity index (χ2n) is 6.16. The Morgan fingerprint density at radius 1 is 1.24 bits per heavy atom. The Hall–Kier alpha value is -0.580. The molecule has 0 saturated heterocycles. The van der Waals surface area contributed by atoms with E-state index in [0.29, 0.717) is 10.9 Å². The third kappa shape index (κ3) is 3.43. The molecule has 118 valence electrons. The minimum Gasteiger partial charge on any atom is -0.313 e. The monoisotopic (exact) mass is 329 g/mol. The number of halogens is 1. The molecular formula is C16H24ClNO2S. The van der Waals surface area contributed by atoms with Gasteiger partial charge in [-0.05, 0) is 43.4 Å². The Kier molecular flexibility index (Phi) is 5.33. The minimum absolute atomic E-state index is 0.00461. The maximum absolute atomic E-state index is 13.1. The third-order valence-electron chi connectivity index (χ3n) is 4.36. The molecule has 2 rings (SSSR count). The average molecular weight is 330 g/mol. The van der Waals surface area contributed by atoms with Crippen LogP contribution in [0.25, 0.3) is 0 Å². The zero-order valence-corrected chi connectivity index (χ0v) is 14.4. The molecule has 0 radical (unpaired) electrons. The highest BCUT2D eigenvalue weighted by atomic mass is 35.5. The zero-order chi connectivity index (χ0) is 15.6. The summed E-state index contributed by atoms with van der Waals surface area (Å²) in [6, 6.07) is 6.75. The van der Waals surface area contributed by atoms with Gasteiger partial charge in [0.05, 0.1) is 15.2 Å². The number of rotatable bonds is 4. The molecule has 1 N–H and O–H groups in total. The van der Waals surface area contributed by atoms with E-state index in [1.807, 2.05) is 13.8 Å². The standard InChI is InChI=1S/C16H24ClNO2S/c1-4-18-14-10-11(2)9-12(3)16(14)21(19,20)15-8-6-5-7-13(15)17/h5-8,11-12,14,16,18H,4,9-10H2,1-3H3. The first-order chi connectivity index (χ1) is 9.87. The summed E-state index contributed by atoms with van der Waals surface area (Å²) in [6.07, 6.45) is 1.84. The molecule has 0 aromatic heterocycles. The summed E-state index contributed by atoms with van der Waals surface area (Å²) in [4.78, 5) is 0.265. The third-order valence-corrected chi connectivity index (χ3v) is 7.28. The van der Waals surface area contributed by atoms with Crippen LogP contribution >= 0.6 is 11.6 Å². The van der Waals surface area contributed by atoms with E-state index in [9.17, 15) is 8.42 Å². The molecular weight excluding hydrogens is 306 g/mol. The van der Waals surface area contributed by atoms with Crippen LogP contribution in [0.3, 0.4) is 0 Å². The quantitative estimate of drug-likeness (QED) is 0.919. The van der Waals surface area contributed by atoms with Crippen molar-refractivity contribution in [2.45, 2.75) is 49.8 Å². The Balaban J connectivity index is 2.43. The van der Waals surface area contributed by atoms with Gasteiger partial charge in [0.25, 0.3) is 0 Å². The maximum atomic E-state index is 13.1. The van der Waals surface area contributed by atoms with Crippen molar-refractivity contribution in [3.8, 4) is 0 Å². The van der Waals surface area contributed by atoms with Crippen molar-refractivity contribution in [3.63, 3.8) is 0 Å². The van der Waals surface area contributed by atoms with Crippen molar-refractivity contribution in [1.29, 1.82) is 0 Å². The Labute approximate surface area is 133 Å². The summed E-state index contributed by atoms with van der Waals surface area (Å²) >= 11 is 6.13. The van der Waals surface area contributed by atoms with Gasteiger partial charge in [-0.3, -0.25) is 0 Å². The van der Waals surface area contributed by atoms with E-state index in [1.165, 1.54) is 0 Å². The van der Waals surface area contributed by atoms with Crippen LogP contribution in [0.4, 0.5) is 0 Å². The highest BCUT2D eigenvalue weighted by Crippen LogP contribution is 2.37. The second-order valence-corrected chi connectivity index (χ2v) is 8.64. The maximum Gasteiger partial charge on any atom is 0.184 e. The molecule has 4 atom stereocenters. The molecule has 0 aliphatic heterocycles. The lowest BCUT2D eigenvalue weighted by molar-refractivity contribution is 0.244. The van der Waals surface area contributed by atoms with Crippen LogP contribution in [0.1, 0.15) is 33.6 Å². The fourth-order valence-electron chi connectivity index (χ4n) is 3.64. The summed E-state index contributed by atoms with van der Waals surface area (Å²) in [5.74, 6) is 0.667. The lowest BCUT2D eigenvalue weighted by Crippen LogP contribution is -2.51. The van der Waals surface area contributed by atoms with E-state index in [-0.39, 0.29) is 16.9 Å². The van der Waals surface area contributed by atoms with E-state index >= 15 is 0 Å². The summed E-state index contributed by atoms with van der Waals surface area (Å²) in [7, 11) is -3.43. The average Bonchev–Trinajstić information content (AvgIpc) is 2.38. The molecule has 0 amide bonds. The van der Waals surface area contributed by atoms with E-state index < -0.39 is 15.1 Å². The molecule has 3 nitrogen and oxygen atoms in total. The smallest absolute Gasteiger partial charge is 0.184 e. The summed E-state index contributed by atoms with van der Waals surface area (Å²) < 4.78 is 26.2. The zero-order valence-electron chi connectivity index (χ0n) is 12.8. The second kappa shape index (κ2) is 6.67. The Bertz CT molecular complexity index is 588. The van der Waals surface area contributed by atoms with Crippen molar-refractivity contribution < 1.29 is 8.42 Å². The molecule has 0 bridgehead atoms. The highest BCUT2D eigenvalue weighted by molar-refractivity contribution is 7.92. The minimum atomic E-state index is -3.43. The first-order valence-corrected chi connectivity index (χ1v) is 9.52. The number of benzene rings is 1. The fraction of sp³-hybridized carbons (Fsp3) is 0.625. The molecule has 0 heterocycles. The van der Waals surface area contributed by atoms with Gasteiger partial charge in [0, 0.05) is 6.04 Å². The van der Waals surface area contributed by atoms with Crippen LogP contribution in [0.2, 0.25) is 5.02 Å². The van der Waals surface area contributed by atoms with Gasteiger partial charge in [-0.25, -0.2) is 8.42 Å². The van der Waals surface area contributed by atoms with Gasteiger partial charge in [-0.2, -0.15) is 0 Å². The van der Waals surface area contributed by atoms with Crippen LogP contribution < -0.4 is 5.32 Å². The number of hydrogen-bond donors (Lipinski definition) is 1. The molecule has 4 unspecified atom stereocenters. The van der Waals surface area contributed by atoms with E-state index in [0.717, 1.165) is 19.4 Å². The van der Waals surface area contributed by atoms with Gasteiger partial charge in [0.2, 0.25) is 0 Å². The van der Waals surface area contributed by atoms with Crippen LogP contribution in [0.5, 0.6) is 0 Å². The predicted octanol–water partition coefficient (Wildman–Crippen LogP) is 3.53. The van der Waals surface area contributed by atoms with Gasteiger partial charge in [0.1, 0.15) is 0 Å². The lowest BCUT2D eigenvalue weighted by Gasteiger charge is -2.39. The Morgan fingerprint density at radius 2 is 1.90 bits per heavy atom. The first kappa shape index (κ1) is 16.8. The highest BCUT2D eigenvalue weighted by Gasteiger charge is 2.43. The molecule has 0 spiro atoms. The van der Waals surface area contributed by atoms with Crippen LogP contribution in [0.15, 0.2) is 29.2 Å². The molecule has 1 aromatic rings. The number of nitrogens with one attached hydrogen (secondary N) is 1. The van der Waals surface area contributed by atoms with Crippen molar-refractivity contribution in [2.75, 3.05) is 6.54 Å². The normalized spacial score (nSPS) is 30.3. The van der Waals surface area contributed by atoms with Gasteiger partial charge >= 0.3 is 0 Å². The van der Waals surface area contributed by atoms with Crippen LogP contribution in [-0.4, -0.2) is 26.3 Å². The van der Waals surface area contributed by atoms with E-state index in [2.05, 4.69) is 12.2 Å². The molecule has 5 heteroatoms. The first-order valence-electron chi connectivity index (χ1n) is 7.59. The fourth-order valence-corrected chi connectivity index (χ4v) is 6.36. The van der Waals surface area contributed by atoms with Crippen LogP contribution in [-0.2, 0) is 9.84 Å².